The molecular weight excluding hydrogens is 210 g/mol. The lowest BCUT2D eigenvalue weighted by Crippen LogP contribution is -2.28. The van der Waals surface area contributed by atoms with E-state index in [4.69, 9.17) is 5.73 Å². The largest absolute Gasteiger partial charge is 0.330 e. The molecule has 0 aliphatic rings. The molecule has 1 rings (SSSR count). The van der Waals surface area contributed by atoms with Crippen LogP contribution in [-0.2, 0) is 13.0 Å². The number of nitrogens with zero attached hydrogens (tertiary/aromatic N) is 2. The minimum absolute atomic E-state index is 0.721. The molecule has 0 saturated heterocycles. The van der Waals surface area contributed by atoms with Crippen LogP contribution >= 0.6 is 0 Å². The van der Waals surface area contributed by atoms with Crippen molar-refractivity contribution in [1.82, 2.24) is 9.80 Å². The first kappa shape index (κ1) is 14.2. The summed E-state index contributed by atoms with van der Waals surface area (Å²) in [4.78, 5) is 4.57. The number of nitrogens with two attached hydrogens (primary N) is 1. The van der Waals surface area contributed by atoms with Gasteiger partial charge in [0.05, 0.1) is 0 Å². The quantitative estimate of drug-likeness (QED) is 0.770. The lowest BCUT2D eigenvalue weighted by Gasteiger charge is -2.20. The summed E-state index contributed by atoms with van der Waals surface area (Å²) < 4.78 is 0. The van der Waals surface area contributed by atoms with Crippen molar-refractivity contribution in [3.8, 4) is 0 Å². The maximum atomic E-state index is 5.64. The molecule has 1 aromatic rings. The van der Waals surface area contributed by atoms with Crippen LogP contribution in [0.2, 0.25) is 0 Å². The van der Waals surface area contributed by atoms with E-state index in [9.17, 15) is 0 Å². The van der Waals surface area contributed by atoms with Gasteiger partial charge >= 0.3 is 0 Å². The average molecular weight is 235 g/mol. The Morgan fingerprint density at radius 1 is 1.00 bits per heavy atom. The predicted octanol–water partition coefficient (Wildman–Crippen LogP) is 1.18. The van der Waals surface area contributed by atoms with Crippen LogP contribution in [0.3, 0.4) is 0 Å². The molecule has 96 valence electrons. The van der Waals surface area contributed by atoms with Crippen molar-refractivity contribution in [2.24, 2.45) is 5.73 Å². The van der Waals surface area contributed by atoms with Gasteiger partial charge in [-0.3, -0.25) is 0 Å². The van der Waals surface area contributed by atoms with Gasteiger partial charge in [0.1, 0.15) is 0 Å². The average Bonchev–Trinajstić information content (AvgIpc) is 2.29. The van der Waals surface area contributed by atoms with Gasteiger partial charge in [-0.1, -0.05) is 24.3 Å². The third kappa shape index (κ3) is 5.31. The fraction of sp³-hybridized carbons (Fsp3) is 0.571. The Morgan fingerprint density at radius 3 is 2.24 bits per heavy atom. The van der Waals surface area contributed by atoms with Gasteiger partial charge in [-0.25, -0.2) is 0 Å². The van der Waals surface area contributed by atoms with Gasteiger partial charge in [-0.15, -0.1) is 0 Å². The summed E-state index contributed by atoms with van der Waals surface area (Å²) in [6.07, 6.45) is 0.970. The van der Waals surface area contributed by atoms with E-state index < -0.39 is 0 Å². The highest BCUT2D eigenvalue weighted by Crippen LogP contribution is 2.11. The van der Waals surface area contributed by atoms with E-state index >= 15 is 0 Å². The summed E-state index contributed by atoms with van der Waals surface area (Å²) >= 11 is 0. The van der Waals surface area contributed by atoms with E-state index in [0.717, 1.165) is 32.6 Å². The van der Waals surface area contributed by atoms with E-state index in [0.29, 0.717) is 0 Å². The van der Waals surface area contributed by atoms with Crippen LogP contribution in [0.4, 0.5) is 0 Å². The zero-order valence-corrected chi connectivity index (χ0v) is 11.3. The van der Waals surface area contributed by atoms with E-state index in [2.05, 4.69) is 55.2 Å². The second kappa shape index (κ2) is 7.43. The Bertz CT molecular complexity index is 323. The molecule has 0 atom stereocenters. The molecule has 17 heavy (non-hydrogen) atoms. The van der Waals surface area contributed by atoms with Gasteiger partial charge in [0, 0.05) is 19.6 Å². The minimum Gasteiger partial charge on any atom is -0.330 e. The van der Waals surface area contributed by atoms with Gasteiger partial charge in [0.15, 0.2) is 0 Å². The van der Waals surface area contributed by atoms with E-state index in [1.54, 1.807) is 0 Å². The lowest BCUT2D eigenvalue weighted by atomic mass is 10.0. The smallest absolute Gasteiger partial charge is 0.0233 e. The topological polar surface area (TPSA) is 32.5 Å². The number of likely N-dealkylation sites (N-methyl/N-ethyl adjacent to an activating group) is 2. The van der Waals surface area contributed by atoms with Crippen LogP contribution in [-0.4, -0.2) is 50.6 Å². The highest BCUT2D eigenvalue weighted by molar-refractivity contribution is 5.27. The van der Waals surface area contributed by atoms with Crippen LogP contribution in [0.5, 0.6) is 0 Å². The van der Waals surface area contributed by atoms with Gasteiger partial charge < -0.3 is 15.5 Å². The molecule has 0 fully saturated rings. The van der Waals surface area contributed by atoms with E-state index in [1.165, 1.54) is 11.1 Å². The first-order valence-electron chi connectivity index (χ1n) is 6.23. The molecule has 0 heterocycles. The van der Waals surface area contributed by atoms with Crippen molar-refractivity contribution in [2.45, 2.75) is 13.0 Å². The fourth-order valence-electron chi connectivity index (χ4n) is 1.85. The third-order valence-electron chi connectivity index (χ3n) is 2.90. The minimum atomic E-state index is 0.721. The number of hydrogen-bond donors (Lipinski definition) is 1. The van der Waals surface area contributed by atoms with Crippen LogP contribution in [0.15, 0.2) is 24.3 Å². The highest BCUT2D eigenvalue weighted by Gasteiger charge is 2.05. The van der Waals surface area contributed by atoms with Crippen LogP contribution < -0.4 is 5.73 Å². The molecular formula is C14H25N3. The van der Waals surface area contributed by atoms with Gasteiger partial charge in [-0.05, 0) is 45.2 Å². The molecule has 0 unspecified atom stereocenters. The zero-order valence-electron chi connectivity index (χ0n) is 11.3. The summed E-state index contributed by atoms with van der Waals surface area (Å²) in [6, 6.07) is 8.59. The molecule has 3 heteroatoms. The normalized spacial score (nSPS) is 11.4. The first-order chi connectivity index (χ1) is 8.13. The summed E-state index contributed by atoms with van der Waals surface area (Å²) in [7, 11) is 6.38. The van der Waals surface area contributed by atoms with Crippen LogP contribution in [0.25, 0.3) is 0 Å². The summed E-state index contributed by atoms with van der Waals surface area (Å²) in [6.45, 7) is 3.90. The SMILES string of the molecule is CN(C)CCN(C)Cc1ccccc1CCN. The molecule has 2 N–H and O–H groups in total. The second-order valence-corrected chi connectivity index (χ2v) is 4.85. The van der Waals surface area contributed by atoms with Crippen molar-refractivity contribution in [1.29, 1.82) is 0 Å². The van der Waals surface area contributed by atoms with Crippen molar-refractivity contribution in [3.63, 3.8) is 0 Å². The fourth-order valence-corrected chi connectivity index (χ4v) is 1.85. The third-order valence-corrected chi connectivity index (χ3v) is 2.90. The number of hydrogen-bond acceptors (Lipinski definition) is 3. The first-order valence-corrected chi connectivity index (χ1v) is 6.23. The highest BCUT2D eigenvalue weighted by atomic mass is 15.1. The molecule has 3 nitrogen and oxygen atoms in total. The van der Waals surface area contributed by atoms with E-state index in [-0.39, 0.29) is 0 Å². The Balaban J connectivity index is 2.54. The second-order valence-electron chi connectivity index (χ2n) is 4.85. The standard InChI is InChI=1S/C14H25N3/c1-16(2)10-11-17(3)12-14-7-5-4-6-13(14)8-9-15/h4-7H,8-12,15H2,1-3H3. The Hall–Kier alpha value is -0.900. The zero-order chi connectivity index (χ0) is 12.7. The maximum absolute atomic E-state index is 5.64. The summed E-state index contributed by atoms with van der Waals surface area (Å²) in [5, 5.41) is 0. The van der Waals surface area contributed by atoms with Crippen molar-refractivity contribution >= 4 is 0 Å². The van der Waals surface area contributed by atoms with Crippen LogP contribution in [0, 0.1) is 0 Å². The van der Waals surface area contributed by atoms with Crippen molar-refractivity contribution in [2.75, 3.05) is 40.8 Å². The van der Waals surface area contributed by atoms with E-state index in [1.807, 2.05) is 0 Å². The monoisotopic (exact) mass is 235 g/mol. The molecule has 0 spiro atoms. The lowest BCUT2D eigenvalue weighted by molar-refractivity contribution is 0.276. The molecule has 0 aliphatic carbocycles. The number of benzene rings is 1. The molecule has 0 aliphatic heterocycles. The predicted molar refractivity (Wildman–Crippen MR) is 74.1 cm³/mol. The molecule has 0 radical (unpaired) electrons. The molecule has 1 aromatic carbocycles. The molecule has 0 amide bonds. The van der Waals surface area contributed by atoms with Gasteiger partial charge in [0.2, 0.25) is 0 Å². The van der Waals surface area contributed by atoms with Gasteiger partial charge in [-0.2, -0.15) is 0 Å². The number of rotatable bonds is 7. The van der Waals surface area contributed by atoms with Crippen molar-refractivity contribution < 1.29 is 0 Å². The molecule has 0 bridgehead atoms. The van der Waals surface area contributed by atoms with Crippen LogP contribution in [0.1, 0.15) is 11.1 Å². The van der Waals surface area contributed by atoms with Gasteiger partial charge in [0.25, 0.3) is 0 Å². The Morgan fingerprint density at radius 2 is 1.65 bits per heavy atom. The Kier molecular flexibility index (Phi) is 6.19. The maximum Gasteiger partial charge on any atom is 0.0233 e. The Labute approximate surface area is 105 Å². The molecule has 0 saturated carbocycles. The summed E-state index contributed by atoms with van der Waals surface area (Å²) in [5.74, 6) is 0. The summed E-state index contributed by atoms with van der Waals surface area (Å²) in [5.41, 5.74) is 8.42. The molecule has 0 aromatic heterocycles. The van der Waals surface area contributed by atoms with Crippen molar-refractivity contribution in [3.05, 3.63) is 35.4 Å².